The molecule has 1 aliphatic heterocycles. The van der Waals surface area contributed by atoms with E-state index in [2.05, 4.69) is 21.0 Å². The number of ether oxygens (including phenoxy) is 1. The molecule has 12 heteroatoms. The molecule has 2 aromatic carbocycles. The SMILES string of the molecule is COc1nc(-c2cccc(-c3cccc(NC(=O)c4ccnn(C)c4=O)c3C)c2Cl)cc2c1[C@@H](NC[C@@H]1CNC(=O)C1)[C@@H](O)C2. The van der Waals surface area contributed by atoms with Crippen LogP contribution in [0.3, 0.4) is 0 Å². The summed E-state index contributed by atoms with van der Waals surface area (Å²) < 4.78 is 6.84. The van der Waals surface area contributed by atoms with Crippen molar-refractivity contribution in [2.75, 3.05) is 25.5 Å². The maximum atomic E-state index is 13.0. The summed E-state index contributed by atoms with van der Waals surface area (Å²) in [4.78, 5) is 41.8. The molecule has 45 heavy (non-hydrogen) atoms. The van der Waals surface area contributed by atoms with E-state index in [1.807, 2.05) is 43.3 Å². The van der Waals surface area contributed by atoms with Crippen molar-refractivity contribution in [3.63, 3.8) is 0 Å². The van der Waals surface area contributed by atoms with Gasteiger partial charge in [0.25, 0.3) is 11.5 Å². The summed E-state index contributed by atoms with van der Waals surface area (Å²) in [6, 6.07) is 14.1. The van der Waals surface area contributed by atoms with E-state index in [4.69, 9.17) is 21.3 Å². The van der Waals surface area contributed by atoms with Crippen LogP contribution in [0.4, 0.5) is 5.69 Å². The van der Waals surface area contributed by atoms with E-state index in [-0.39, 0.29) is 23.4 Å². The topological polar surface area (TPSA) is 147 Å². The third-order valence-corrected chi connectivity index (χ3v) is 8.92. The zero-order valence-electron chi connectivity index (χ0n) is 25.1. The van der Waals surface area contributed by atoms with Gasteiger partial charge in [-0.05, 0) is 47.7 Å². The third-order valence-electron chi connectivity index (χ3n) is 8.51. The van der Waals surface area contributed by atoms with Gasteiger partial charge in [0.05, 0.1) is 30.0 Å². The zero-order chi connectivity index (χ0) is 31.8. The van der Waals surface area contributed by atoms with Gasteiger partial charge in [-0.2, -0.15) is 5.10 Å². The van der Waals surface area contributed by atoms with Gasteiger partial charge in [-0.15, -0.1) is 0 Å². The normalized spacial score (nSPS) is 18.9. The number of nitrogens with zero attached hydrogens (tertiary/aromatic N) is 3. The molecular weight excluding hydrogens is 596 g/mol. The first-order valence-electron chi connectivity index (χ1n) is 14.6. The molecule has 4 N–H and O–H groups in total. The number of aromatic nitrogens is 3. The van der Waals surface area contributed by atoms with E-state index in [9.17, 15) is 19.5 Å². The second-order valence-electron chi connectivity index (χ2n) is 11.4. The lowest BCUT2D eigenvalue weighted by atomic mass is 9.96. The number of fused-ring (bicyclic) bond motifs is 1. The monoisotopic (exact) mass is 628 g/mol. The van der Waals surface area contributed by atoms with E-state index < -0.39 is 17.6 Å². The Kier molecular flexibility index (Phi) is 8.41. The number of methoxy groups -OCH3 is 1. The molecule has 3 atom stereocenters. The van der Waals surface area contributed by atoms with Crippen LogP contribution in [0.25, 0.3) is 22.4 Å². The number of halogens is 1. The van der Waals surface area contributed by atoms with Crippen LogP contribution in [0.5, 0.6) is 5.88 Å². The van der Waals surface area contributed by atoms with Gasteiger partial charge in [-0.3, -0.25) is 14.4 Å². The largest absolute Gasteiger partial charge is 0.481 e. The fourth-order valence-corrected chi connectivity index (χ4v) is 6.45. The number of benzene rings is 2. The van der Waals surface area contributed by atoms with Crippen LogP contribution in [-0.4, -0.2) is 58.0 Å². The predicted octanol–water partition coefficient (Wildman–Crippen LogP) is 3.42. The number of hydrogen-bond acceptors (Lipinski definition) is 8. The lowest BCUT2D eigenvalue weighted by Crippen LogP contribution is -2.33. The van der Waals surface area contributed by atoms with Gasteiger partial charge in [0.2, 0.25) is 11.8 Å². The van der Waals surface area contributed by atoms with Gasteiger partial charge in [0, 0.05) is 61.6 Å². The number of aliphatic hydroxyl groups is 1. The summed E-state index contributed by atoms with van der Waals surface area (Å²) in [7, 11) is 3.04. The molecule has 0 radical (unpaired) electrons. The Morgan fingerprint density at radius 3 is 2.64 bits per heavy atom. The minimum atomic E-state index is -0.675. The van der Waals surface area contributed by atoms with Crippen molar-refractivity contribution in [2.24, 2.45) is 13.0 Å². The fraction of sp³-hybridized carbons (Fsp3) is 0.303. The highest BCUT2D eigenvalue weighted by atomic mass is 35.5. The molecule has 6 rings (SSSR count). The van der Waals surface area contributed by atoms with Gasteiger partial charge in [-0.1, -0.05) is 41.9 Å². The summed E-state index contributed by atoms with van der Waals surface area (Å²) in [5.74, 6) is 0.0744. The number of anilines is 1. The molecule has 232 valence electrons. The quantitative estimate of drug-likeness (QED) is 0.232. The molecule has 2 amide bonds. The summed E-state index contributed by atoms with van der Waals surface area (Å²) in [5, 5.41) is 24.4. The number of amides is 2. The minimum absolute atomic E-state index is 0.0119. The van der Waals surface area contributed by atoms with Crippen LogP contribution in [0.15, 0.2) is 59.5 Å². The van der Waals surface area contributed by atoms with Crippen molar-refractivity contribution in [3.05, 3.63) is 92.4 Å². The van der Waals surface area contributed by atoms with Crippen molar-refractivity contribution in [2.45, 2.75) is 31.9 Å². The van der Waals surface area contributed by atoms with Gasteiger partial charge in [-0.25, -0.2) is 9.67 Å². The van der Waals surface area contributed by atoms with Crippen molar-refractivity contribution < 1.29 is 19.4 Å². The van der Waals surface area contributed by atoms with Crippen LogP contribution in [0.1, 0.15) is 39.5 Å². The lowest BCUT2D eigenvalue weighted by molar-refractivity contribution is -0.119. The third kappa shape index (κ3) is 5.82. The van der Waals surface area contributed by atoms with Crippen molar-refractivity contribution in [1.82, 2.24) is 25.4 Å². The number of pyridine rings is 1. The number of hydrogen-bond donors (Lipinski definition) is 4. The average molecular weight is 629 g/mol. The molecule has 1 saturated heterocycles. The highest BCUT2D eigenvalue weighted by Gasteiger charge is 2.36. The standard InChI is InChI=1S/C33H33ClN6O5/c1-17-20(6-5-9-24(17)38-31(43)23-10-11-37-40(2)33(23)44)21-7-4-8-22(29(21)34)25-13-19-14-26(41)30(28(19)32(39-25)45-3)36-16-18-12-27(42)35-15-18/h4-11,13,18,26,30,36,41H,12,14-16H2,1-3H3,(H,35,42)(H,38,43)/t18-,26-,30-/m0/s1. The molecule has 0 saturated carbocycles. The van der Waals surface area contributed by atoms with E-state index in [0.717, 1.165) is 32.5 Å². The predicted molar refractivity (Wildman–Crippen MR) is 170 cm³/mol. The molecule has 2 aliphatic rings. The number of carbonyl (C=O) groups is 2. The highest BCUT2D eigenvalue weighted by Crippen LogP contribution is 2.43. The second kappa shape index (κ2) is 12.4. The van der Waals surface area contributed by atoms with Gasteiger partial charge in [0.1, 0.15) is 5.56 Å². The van der Waals surface area contributed by atoms with E-state index >= 15 is 0 Å². The maximum Gasteiger partial charge on any atom is 0.279 e. The molecule has 1 fully saturated rings. The summed E-state index contributed by atoms with van der Waals surface area (Å²) in [6.07, 6.45) is 1.61. The summed E-state index contributed by atoms with van der Waals surface area (Å²) in [6.45, 7) is 3.07. The summed E-state index contributed by atoms with van der Waals surface area (Å²) >= 11 is 7.07. The molecule has 1 aliphatic carbocycles. The Labute approximate surface area is 264 Å². The first kappa shape index (κ1) is 30.4. The summed E-state index contributed by atoms with van der Waals surface area (Å²) in [5.41, 5.74) is 5.35. The molecule has 11 nitrogen and oxygen atoms in total. The van der Waals surface area contributed by atoms with Crippen LogP contribution < -0.4 is 26.2 Å². The number of aryl methyl sites for hydroxylation is 1. The second-order valence-corrected chi connectivity index (χ2v) is 11.8. The molecule has 2 aromatic heterocycles. The first-order chi connectivity index (χ1) is 21.7. The Hall–Kier alpha value is -4.58. The fourth-order valence-electron chi connectivity index (χ4n) is 6.12. The van der Waals surface area contributed by atoms with Crippen LogP contribution >= 0.6 is 11.6 Å². The van der Waals surface area contributed by atoms with Crippen molar-refractivity contribution in [1.29, 1.82) is 0 Å². The molecule has 0 bridgehead atoms. The van der Waals surface area contributed by atoms with Crippen molar-refractivity contribution >= 4 is 29.1 Å². The number of rotatable bonds is 8. The van der Waals surface area contributed by atoms with Gasteiger partial charge >= 0.3 is 0 Å². The first-order valence-corrected chi connectivity index (χ1v) is 15.0. The Bertz CT molecular complexity index is 1880. The smallest absolute Gasteiger partial charge is 0.279 e. The van der Waals surface area contributed by atoms with E-state index in [1.165, 1.54) is 19.3 Å². The van der Waals surface area contributed by atoms with Crippen LogP contribution in [0, 0.1) is 12.8 Å². The maximum absolute atomic E-state index is 13.0. The van der Waals surface area contributed by atoms with Crippen LogP contribution in [0.2, 0.25) is 5.02 Å². The lowest BCUT2D eigenvalue weighted by Gasteiger charge is -2.21. The Morgan fingerprint density at radius 1 is 1.13 bits per heavy atom. The van der Waals surface area contributed by atoms with Crippen LogP contribution in [-0.2, 0) is 18.3 Å². The Morgan fingerprint density at radius 2 is 1.89 bits per heavy atom. The number of aliphatic hydroxyl groups excluding tert-OH is 1. The Balaban J connectivity index is 1.30. The van der Waals surface area contributed by atoms with Gasteiger partial charge < -0.3 is 25.8 Å². The molecule has 0 spiro atoms. The van der Waals surface area contributed by atoms with E-state index in [1.54, 1.807) is 13.2 Å². The average Bonchev–Trinajstić information content (AvgIpc) is 3.59. The zero-order valence-corrected chi connectivity index (χ0v) is 25.8. The molecule has 3 heterocycles. The molecule has 0 unspecified atom stereocenters. The molecular formula is C33H33ClN6O5. The van der Waals surface area contributed by atoms with E-state index in [0.29, 0.717) is 53.8 Å². The van der Waals surface area contributed by atoms with Crippen molar-refractivity contribution in [3.8, 4) is 28.3 Å². The molecule has 4 aromatic rings. The number of nitrogens with one attached hydrogen (secondary N) is 3. The number of carbonyl (C=O) groups excluding carboxylic acids is 2. The van der Waals surface area contributed by atoms with Gasteiger partial charge in [0.15, 0.2) is 0 Å². The minimum Gasteiger partial charge on any atom is -0.481 e. The highest BCUT2D eigenvalue weighted by molar-refractivity contribution is 6.36.